The smallest absolute Gasteiger partial charge is 0.444 e. The van der Waals surface area contributed by atoms with Gasteiger partial charge in [-0.1, -0.05) is 0 Å². The lowest BCUT2D eigenvalue weighted by Gasteiger charge is -2.50. The number of carbonyl (C=O) groups excluding carboxylic acids is 6. The molecule has 62 heavy (non-hydrogen) atoms. The van der Waals surface area contributed by atoms with Crippen LogP contribution in [0.1, 0.15) is 130 Å². The van der Waals surface area contributed by atoms with Crippen molar-refractivity contribution in [3.05, 3.63) is 15.9 Å². The third kappa shape index (κ3) is 15.2. The number of rotatable bonds is 5. The molecule has 1 aromatic heterocycles. The van der Waals surface area contributed by atoms with Gasteiger partial charge in [-0.05, 0) is 131 Å². The number of carbonyl (C=O) groups is 6. The molecule has 0 saturated carbocycles. The summed E-state index contributed by atoms with van der Waals surface area (Å²) in [6.45, 7) is 27.6. The summed E-state index contributed by atoms with van der Waals surface area (Å²) < 4.78 is 57.0. The van der Waals surface area contributed by atoms with E-state index in [1.807, 2.05) is 0 Å². The lowest BCUT2D eigenvalue weighted by atomic mass is 9.82. The van der Waals surface area contributed by atoms with Crippen LogP contribution in [0.2, 0.25) is 0 Å². The maximum absolute atomic E-state index is 14.7. The SMILES string of the molecule is CC(C)(C)OC(=O)Nc1nc2c(c(=O)n1C(=O)OC(C)(C)C)CC1C(OC(=O)OC(C)(C)C)C(OC(=O)OC(C)(C)C)C(COC(=O)OC(C)(C)C)OC1N2C(=O)OC(C)(C)C. The van der Waals surface area contributed by atoms with Gasteiger partial charge in [-0.3, -0.25) is 10.1 Å². The Labute approximate surface area is 361 Å². The summed E-state index contributed by atoms with van der Waals surface area (Å²) in [6, 6.07) is 0. The van der Waals surface area contributed by atoms with Crippen LogP contribution in [0.3, 0.4) is 0 Å². The Morgan fingerprint density at radius 3 is 1.52 bits per heavy atom. The molecular formula is C41H64N4O17. The van der Waals surface area contributed by atoms with E-state index in [1.165, 1.54) is 0 Å². The highest BCUT2D eigenvalue weighted by Crippen LogP contribution is 2.42. The summed E-state index contributed by atoms with van der Waals surface area (Å²) in [5, 5.41) is 2.31. The van der Waals surface area contributed by atoms with E-state index in [4.69, 9.17) is 47.4 Å². The summed E-state index contributed by atoms with van der Waals surface area (Å²) in [7, 11) is 0. The van der Waals surface area contributed by atoms with Gasteiger partial charge < -0.3 is 47.4 Å². The summed E-state index contributed by atoms with van der Waals surface area (Å²) in [5.41, 5.74) is -8.04. The molecule has 0 bridgehead atoms. The minimum Gasteiger partial charge on any atom is -0.444 e. The first kappa shape index (κ1) is 51.0. The molecule has 5 unspecified atom stereocenters. The van der Waals surface area contributed by atoms with E-state index in [0.29, 0.717) is 4.57 Å². The van der Waals surface area contributed by atoms with Crippen molar-refractivity contribution in [2.45, 2.75) is 189 Å². The first-order chi connectivity index (χ1) is 27.8. The van der Waals surface area contributed by atoms with Crippen molar-refractivity contribution in [1.82, 2.24) is 9.55 Å². The summed E-state index contributed by atoms with van der Waals surface area (Å²) in [6.07, 6.45) is -14.3. The number of ether oxygens (including phenoxy) is 10. The molecule has 3 rings (SSSR count). The highest BCUT2D eigenvalue weighted by Gasteiger charge is 2.58. The second-order valence-electron chi connectivity index (χ2n) is 20.6. The van der Waals surface area contributed by atoms with Crippen LogP contribution in [0, 0.1) is 5.92 Å². The van der Waals surface area contributed by atoms with E-state index in [2.05, 4.69) is 10.3 Å². The fourth-order valence-corrected chi connectivity index (χ4v) is 5.81. The van der Waals surface area contributed by atoms with Crippen molar-refractivity contribution in [2.24, 2.45) is 5.92 Å². The number of hydrogen-bond acceptors (Lipinski definition) is 18. The van der Waals surface area contributed by atoms with Gasteiger partial charge in [0.2, 0.25) is 5.95 Å². The lowest BCUT2D eigenvalue weighted by molar-refractivity contribution is -0.222. The molecule has 2 aliphatic heterocycles. The quantitative estimate of drug-likeness (QED) is 0.221. The molecule has 1 aromatic rings. The summed E-state index contributed by atoms with van der Waals surface area (Å²) in [4.78, 5) is 101. The molecular weight excluding hydrogens is 820 g/mol. The molecule has 1 fully saturated rings. The first-order valence-corrected chi connectivity index (χ1v) is 20.0. The number of aromatic nitrogens is 2. The second kappa shape index (κ2) is 18.2. The van der Waals surface area contributed by atoms with Crippen molar-refractivity contribution in [2.75, 3.05) is 16.8 Å². The number of nitrogens with zero attached hydrogens (tertiary/aromatic N) is 3. The van der Waals surface area contributed by atoms with Gasteiger partial charge in [-0.15, -0.1) is 0 Å². The van der Waals surface area contributed by atoms with E-state index in [0.717, 1.165) is 4.90 Å². The third-order valence-electron chi connectivity index (χ3n) is 7.65. The Bertz CT molecular complexity index is 1920. The predicted molar refractivity (Wildman–Crippen MR) is 219 cm³/mol. The maximum Gasteiger partial charge on any atom is 0.509 e. The average Bonchev–Trinajstić information content (AvgIpc) is 2.99. The molecule has 0 radical (unpaired) electrons. The van der Waals surface area contributed by atoms with Crippen LogP contribution >= 0.6 is 0 Å². The van der Waals surface area contributed by atoms with Crippen molar-refractivity contribution in [1.29, 1.82) is 0 Å². The van der Waals surface area contributed by atoms with Crippen molar-refractivity contribution < 1.29 is 76.1 Å². The molecule has 21 nitrogen and oxygen atoms in total. The third-order valence-corrected chi connectivity index (χ3v) is 7.65. The van der Waals surface area contributed by atoms with Crippen LogP contribution in [0.4, 0.5) is 40.5 Å². The summed E-state index contributed by atoms with van der Waals surface area (Å²) >= 11 is 0. The van der Waals surface area contributed by atoms with Gasteiger partial charge in [0.25, 0.3) is 5.56 Å². The predicted octanol–water partition coefficient (Wildman–Crippen LogP) is 7.60. The Morgan fingerprint density at radius 1 is 0.613 bits per heavy atom. The largest absolute Gasteiger partial charge is 0.509 e. The summed E-state index contributed by atoms with van der Waals surface area (Å²) in [5.74, 6) is -2.53. The monoisotopic (exact) mass is 884 g/mol. The fourth-order valence-electron chi connectivity index (χ4n) is 5.81. The normalized spacial score (nSPS) is 20.6. The standard InChI is InChI=1S/C41H64N4O17/c1-36(2,3)57-30(47)43-29-42-26-22(27(46)45(29)32(49)59-38(7,8)9)19-21-24(55-34(51)61-40(13,14)15)25(56-35(52)62-41(16,17)18)23(20-53-33(50)60-39(10,11)12)54-28(21)44(26)31(48)58-37(4,5)6/h21,23-25,28H,19-20H2,1-18H3,(H,42,43,47). The van der Waals surface area contributed by atoms with Gasteiger partial charge in [0.15, 0.2) is 18.0 Å². The molecule has 3 heterocycles. The van der Waals surface area contributed by atoms with Crippen molar-refractivity contribution in [3.63, 3.8) is 0 Å². The van der Waals surface area contributed by atoms with E-state index in [1.54, 1.807) is 125 Å². The van der Waals surface area contributed by atoms with Crippen molar-refractivity contribution >= 4 is 48.5 Å². The number of nitrogens with one attached hydrogen (secondary N) is 1. The minimum atomic E-state index is -1.70. The molecule has 0 aliphatic carbocycles. The Balaban J connectivity index is 2.43. The van der Waals surface area contributed by atoms with Gasteiger partial charge in [-0.25, -0.2) is 33.7 Å². The van der Waals surface area contributed by atoms with Crippen LogP contribution in [0.15, 0.2) is 4.79 Å². The van der Waals surface area contributed by atoms with E-state index in [-0.39, 0.29) is 5.56 Å². The average molecular weight is 885 g/mol. The van der Waals surface area contributed by atoms with Gasteiger partial charge in [0.1, 0.15) is 52.5 Å². The first-order valence-electron chi connectivity index (χ1n) is 20.0. The zero-order chi connectivity index (χ0) is 47.7. The van der Waals surface area contributed by atoms with Gasteiger partial charge in [0.05, 0.1) is 11.5 Å². The number of anilines is 2. The Morgan fingerprint density at radius 2 is 1.05 bits per heavy atom. The highest BCUT2D eigenvalue weighted by molar-refractivity contribution is 5.91. The molecule has 0 spiro atoms. The fraction of sp³-hybridized carbons (Fsp3) is 0.756. The van der Waals surface area contributed by atoms with Gasteiger partial charge >= 0.3 is 36.7 Å². The van der Waals surface area contributed by atoms with E-state index < -0.39 is 131 Å². The number of fused-ring (bicyclic) bond motifs is 2. The van der Waals surface area contributed by atoms with Crippen LogP contribution in [-0.4, -0.2) is 111 Å². The molecule has 0 aromatic carbocycles. The molecule has 5 atom stereocenters. The maximum atomic E-state index is 14.7. The van der Waals surface area contributed by atoms with Crippen molar-refractivity contribution in [3.8, 4) is 0 Å². The van der Waals surface area contributed by atoms with E-state index >= 15 is 0 Å². The van der Waals surface area contributed by atoms with Gasteiger partial charge in [0, 0.05) is 0 Å². The lowest BCUT2D eigenvalue weighted by Crippen LogP contribution is -2.66. The topological polar surface area (TPSA) is 245 Å². The zero-order valence-electron chi connectivity index (χ0n) is 39.1. The molecule has 1 N–H and O–H groups in total. The molecule has 2 amide bonds. The molecule has 1 saturated heterocycles. The van der Waals surface area contributed by atoms with Gasteiger partial charge in [-0.2, -0.15) is 9.55 Å². The van der Waals surface area contributed by atoms with Crippen LogP contribution in [-0.2, 0) is 53.8 Å². The van der Waals surface area contributed by atoms with E-state index in [9.17, 15) is 33.6 Å². The number of amides is 2. The molecule has 2 aliphatic rings. The minimum absolute atomic E-state index is 0.349. The van der Waals surface area contributed by atoms with Crippen LogP contribution in [0.5, 0.6) is 0 Å². The van der Waals surface area contributed by atoms with Crippen LogP contribution in [0.25, 0.3) is 0 Å². The molecule has 21 heteroatoms. The number of hydrogen-bond donors (Lipinski definition) is 1. The Kier molecular flexibility index (Phi) is 15.0. The van der Waals surface area contributed by atoms with Crippen LogP contribution < -0.4 is 15.8 Å². The highest BCUT2D eigenvalue weighted by atomic mass is 16.8. The second-order valence-corrected chi connectivity index (χ2v) is 20.6. The zero-order valence-corrected chi connectivity index (χ0v) is 39.1. The Hall–Kier alpha value is -5.34. The molecule has 350 valence electrons.